The summed E-state index contributed by atoms with van der Waals surface area (Å²) in [4.78, 5) is 0. The highest BCUT2D eigenvalue weighted by Gasteiger charge is 2.13. The molecule has 20 heavy (non-hydrogen) atoms. The van der Waals surface area contributed by atoms with Crippen LogP contribution in [0.4, 0.5) is 0 Å². The van der Waals surface area contributed by atoms with E-state index in [-0.39, 0.29) is 6.61 Å². The molecule has 5 heteroatoms. The zero-order valence-corrected chi connectivity index (χ0v) is 13.5. The number of aliphatic hydroxyl groups excluding tert-OH is 1. The van der Waals surface area contributed by atoms with Crippen molar-refractivity contribution in [2.45, 2.75) is 33.4 Å². The monoisotopic (exact) mass is 338 g/mol. The molecule has 0 radical (unpaired) electrons. The number of halogens is 1. The minimum absolute atomic E-state index is 0.249. The van der Waals surface area contributed by atoms with Crippen LogP contribution >= 0.6 is 15.9 Å². The molecular weight excluding hydrogens is 320 g/mol. The van der Waals surface area contributed by atoms with E-state index in [1.54, 1.807) is 4.68 Å². The first-order valence-electron chi connectivity index (χ1n) is 6.54. The van der Waals surface area contributed by atoms with Crippen molar-refractivity contribution < 1.29 is 9.84 Å². The molecule has 4 nitrogen and oxygen atoms in total. The molecule has 2 aromatic rings. The van der Waals surface area contributed by atoms with Crippen LogP contribution in [0.5, 0.6) is 5.75 Å². The molecule has 0 aliphatic heterocycles. The molecule has 1 aromatic heterocycles. The molecule has 1 unspecified atom stereocenters. The minimum Gasteiger partial charge on any atom is -0.491 e. The lowest BCUT2D eigenvalue weighted by Gasteiger charge is -2.13. The Bertz CT molecular complexity index is 596. The summed E-state index contributed by atoms with van der Waals surface area (Å²) in [6.07, 6.45) is -0.597. The van der Waals surface area contributed by atoms with Gasteiger partial charge in [-0.25, -0.2) is 0 Å². The maximum atomic E-state index is 10.1. The number of aryl methyl sites for hydroxylation is 2. The summed E-state index contributed by atoms with van der Waals surface area (Å²) in [5.74, 6) is 0.776. The third-order valence-corrected chi connectivity index (χ3v) is 4.26. The molecule has 0 aliphatic rings. The van der Waals surface area contributed by atoms with E-state index in [1.165, 1.54) is 0 Å². The van der Waals surface area contributed by atoms with Crippen LogP contribution in [0.1, 0.15) is 17.0 Å². The van der Waals surface area contributed by atoms with Crippen LogP contribution in [0, 0.1) is 20.8 Å². The minimum atomic E-state index is -0.597. The standard InChI is InChI=1S/C15H19BrN2O2/c1-10-5-4-6-14(7-10)20-9-13(19)8-18-12(3)15(16)11(2)17-18/h4-7,13,19H,8-9H2,1-3H3. The fourth-order valence-electron chi connectivity index (χ4n) is 2.00. The zero-order chi connectivity index (χ0) is 14.7. The first kappa shape index (κ1) is 15.1. The summed E-state index contributed by atoms with van der Waals surface area (Å²) < 4.78 is 8.38. The molecule has 1 heterocycles. The van der Waals surface area contributed by atoms with Crippen LogP contribution in [0.15, 0.2) is 28.7 Å². The number of benzene rings is 1. The van der Waals surface area contributed by atoms with E-state index in [4.69, 9.17) is 4.74 Å². The van der Waals surface area contributed by atoms with Crippen LogP contribution in [0.2, 0.25) is 0 Å². The van der Waals surface area contributed by atoms with Crippen LogP contribution in [0.3, 0.4) is 0 Å². The van der Waals surface area contributed by atoms with Gasteiger partial charge in [0, 0.05) is 5.69 Å². The number of hydrogen-bond acceptors (Lipinski definition) is 3. The van der Waals surface area contributed by atoms with E-state index in [0.29, 0.717) is 6.54 Å². The summed E-state index contributed by atoms with van der Waals surface area (Å²) in [5, 5.41) is 14.4. The van der Waals surface area contributed by atoms with Gasteiger partial charge in [-0.15, -0.1) is 0 Å². The maximum absolute atomic E-state index is 10.1. The highest BCUT2D eigenvalue weighted by Crippen LogP contribution is 2.20. The molecule has 0 aliphatic carbocycles. The van der Waals surface area contributed by atoms with Crippen LogP contribution in [-0.4, -0.2) is 27.6 Å². The molecule has 2 rings (SSSR count). The summed E-state index contributed by atoms with van der Waals surface area (Å²) in [7, 11) is 0. The largest absolute Gasteiger partial charge is 0.491 e. The summed E-state index contributed by atoms with van der Waals surface area (Å²) in [6.45, 7) is 6.58. The number of rotatable bonds is 5. The zero-order valence-electron chi connectivity index (χ0n) is 11.9. The fourth-order valence-corrected chi connectivity index (χ4v) is 2.29. The number of nitrogens with zero attached hydrogens (tertiary/aromatic N) is 2. The Morgan fingerprint density at radius 1 is 1.35 bits per heavy atom. The molecule has 0 saturated heterocycles. The quantitative estimate of drug-likeness (QED) is 0.911. The van der Waals surface area contributed by atoms with Crippen molar-refractivity contribution in [2.75, 3.05) is 6.61 Å². The van der Waals surface area contributed by atoms with Crippen molar-refractivity contribution in [3.05, 3.63) is 45.7 Å². The number of hydrogen-bond donors (Lipinski definition) is 1. The lowest BCUT2D eigenvalue weighted by Crippen LogP contribution is -2.24. The molecule has 0 fully saturated rings. The molecule has 0 spiro atoms. The first-order chi connectivity index (χ1) is 9.47. The van der Waals surface area contributed by atoms with Crippen molar-refractivity contribution in [3.63, 3.8) is 0 Å². The van der Waals surface area contributed by atoms with E-state index in [1.807, 2.05) is 45.0 Å². The predicted octanol–water partition coefficient (Wildman–Crippen LogP) is 3.01. The van der Waals surface area contributed by atoms with Gasteiger partial charge in [0.2, 0.25) is 0 Å². The van der Waals surface area contributed by atoms with Gasteiger partial charge in [-0.2, -0.15) is 5.10 Å². The second-order valence-corrected chi connectivity index (χ2v) is 5.74. The van der Waals surface area contributed by atoms with E-state index in [0.717, 1.165) is 27.2 Å². The fraction of sp³-hybridized carbons (Fsp3) is 0.400. The lowest BCUT2D eigenvalue weighted by molar-refractivity contribution is 0.0886. The average Bonchev–Trinajstić information content (AvgIpc) is 2.64. The van der Waals surface area contributed by atoms with Gasteiger partial charge in [-0.1, -0.05) is 12.1 Å². The molecule has 1 N–H and O–H groups in total. The number of ether oxygens (including phenoxy) is 1. The van der Waals surface area contributed by atoms with Crippen molar-refractivity contribution in [1.29, 1.82) is 0 Å². The summed E-state index contributed by atoms with van der Waals surface area (Å²) in [5.41, 5.74) is 3.07. The Morgan fingerprint density at radius 2 is 2.10 bits per heavy atom. The van der Waals surface area contributed by atoms with Gasteiger partial charge in [0.25, 0.3) is 0 Å². The second-order valence-electron chi connectivity index (χ2n) is 4.95. The van der Waals surface area contributed by atoms with E-state index in [2.05, 4.69) is 21.0 Å². The van der Waals surface area contributed by atoms with Gasteiger partial charge in [-0.3, -0.25) is 4.68 Å². The van der Waals surface area contributed by atoms with Gasteiger partial charge in [0.15, 0.2) is 0 Å². The van der Waals surface area contributed by atoms with Crippen LogP contribution < -0.4 is 4.74 Å². The van der Waals surface area contributed by atoms with Gasteiger partial charge in [-0.05, 0) is 54.4 Å². The molecule has 0 bridgehead atoms. The molecule has 1 atom stereocenters. The predicted molar refractivity (Wildman–Crippen MR) is 82.1 cm³/mol. The highest BCUT2D eigenvalue weighted by atomic mass is 79.9. The van der Waals surface area contributed by atoms with Gasteiger partial charge >= 0.3 is 0 Å². The Labute approximate surface area is 127 Å². The molecule has 0 saturated carbocycles. The number of aliphatic hydroxyl groups is 1. The normalized spacial score (nSPS) is 12.4. The number of aromatic nitrogens is 2. The maximum Gasteiger partial charge on any atom is 0.119 e. The smallest absolute Gasteiger partial charge is 0.119 e. The van der Waals surface area contributed by atoms with Crippen molar-refractivity contribution in [1.82, 2.24) is 9.78 Å². The van der Waals surface area contributed by atoms with Crippen LogP contribution in [-0.2, 0) is 6.54 Å². The van der Waals surface area contributed by atoms with E-state index in [9.17, 15) is 5.11 Å². The third kappa shape index (κ3) is 3.61. The Kier molecular flexibility index (Phi) is 4.83. The van der Waals surface area contributed by atoms with E-state index >= 15 is 0 Å². The van der Waals surface area contributed by atoms with Gasteiger partial charge < -0.3 is 9.84 Å². The Balaban J connectivity index is 1.92. The Morgan fingerprint density at radius 3 is 2.70 bits per heavy atom. The van der Waals surface area contributed by atoms with Crippen molar-refractivity contribution in [3.8, 4) is 5.75 Å². The SMILES string of the molecule is Cc1cccc(OCC(O)Cn2nc(C)c(Br)c2C)c1. The van der Waals surface area contributed by atoms with Gasteiger partial charge in [0.05, 0.1) is 16.7 Å². The molecule has 0 amide bonds. The van der Waals surface area contributed by atoms with E-state index < -0.39 is 6.10 Å². The molecular formula is C15H19BrN2O2. The second kappa shape index (κ2) is 6.41. The summed E-state index contributed by atoms with van der Waals surface area (Å²) in [6, 6.07) is 7.79. The molecule has 1 aromatic carbocycles. The average molecular weight is 339 g/mol. The highest BCUT2D eigenvalue weighted by molar-refractivity contribution is 9.10. The lowest BCUT2D eigenvalue weighted by atomic mass is 10.2. The van der Waals surface area contributed by atoms with Gasteiger partial charge in [0.1, 0.15) is 18.5 Å². The first-order valence-corrected chi connectivity index (χ1v) is 7.33. The third-order valence-electron chi connectivity index (χ3n) is 3.11. The summed E-state index contributed by atoms with van der Waals surface area (Å²) >= 11 is 3.48. The molecule has 108 valence electrons. The van der Waals surface area contributed by atoms with Crippen molar-refractivity contribution >= 4 is 15.9 Å². The Hall–Kier alpha value is -1.33. The van der Waals surface area contributed by atoms with Crippen LogP contribution in [0.25, 0.3) is 0 Å². The topological polar surface area (TPSA) is 47.3 Å². The van der Waals surface area contributed by atoms with Crippen molar-refractivity contribution in [2.24, 2.45) is 0 Å².